The molecule has 1 aliphatic carbocycles. The molecule has 2 aromatic rings. The van der Waals surface area contributed by atoms with Gasteiger partial charge in [0, 0.05) is 41.6 Å². The molecule has 1 N–H and O–H groups in total. The molecule has 1 aliphatic rings. The second-order valence-electron chi connectivity index (χ2n) is 5.45. The molecule has 5 heteroatoms. The van der Waals surface area contributed by atoms with Crippen LogP contribution in [0.25, 0.3) is 0 Å². The lowest BCUT2D eigenvalue weighted by atomic mass is 10.1. The number of hydrogen-bond acceptors (Lipinski definition) is 3. The van der Waals surface area contributed by atoms with Crippen molar-refractivity contribution in [3.8, 4) is 5.75 Å². The van der Waals surface area contributed by atoms with E-state index in [2.05, 4.69) is 14.9 Å². The van der Waals surface area contributed by atoms with E-state index in [1.807, 2.05) is 36.9 Å². The average molecular weight is 306 g/mol. The number of nitrogens with zero attached hydrogens (tertiary/aromatic N) is 2. The van der Waals surface area contributed by atoms with Crippen molar-refractivity contribution in [2.45, 2.75) is 37.9 Å². The van der Waals surface area contributed by atoms with Gasteiger partial charge in [0.2, 0.25) is 0 Å². The molecule has 1 aromatic carbocycles. The zero-order valence-corrected chi connectivity index (χ0v) is 12.9. The molecule has 21 heavy (non-hydrogen) atoms. The number of methoxy groups -OCH3 is 1. The predicted molar refractivity (Wildman–Crippen MR) is 83.7 cm³/mol. The molecule has 4 nitrogen and oxygen atoms in total. The lowest BCUT2D eigenvalue weighted by molar-refractivity contribution is 0.379. The van der Waals surface area contributed by atoms with E-state index in [1.165, 1.54) is 19.3 Å². The minimum atomic E-state index is 0.461. The Morgan fingerprint density at radius 1 is 1.43 bits per heavy atom. The predicted octanol–water partition coefficient (Wildman–Crippen LogP) is 3.43. The highest BCUT2D eigenvalue weighted by atomic mass is 35.5. The molecule has 3 rings (SSSR count). The van der Waals surface area contributed by atoms with Crippen molar-refractivity contribution >= 4 is 11.6 Å². The van der Waals surface area contributed by atoms with Crippen LogP contribution in [0.4, 0.5) is 0 Å². The summed E-state index contributed by atoms with van der Waals surface area (Å²) in [5, 5.41) is 4.39. The van der Waals surface area contributed by atoms with Gasteiger partial charge in [0.15, 0.2) is 0 Å². The highest BCUT2D eigenvalue weighted by Gasteiger charge is 2.28. The number of rotatable bonds is 5. The average Bonchev–Trinajstić information content (AvgIpc) is 3.16. The summed E-state index contributed by atoms with van der Waals surface area (Å²) in [5.74, 6) is 0.879. The number of imidazole rings is 1. The van der Waals surface area contributed by atoms with Gasteiger partial charge in [0.1, 0.15) is 5.75 Å². The van der Waals surface area contributed by atoms with E-state index in [0.717, 1.165) is 22.9 Å². The van der Waals surface area contributed by atoms with E-state index in [4.69, 9.17) is 16.3 Å². The smallest absolute Gasteiger partial charge is 0.123 e. The summed E-state index contributed by atoms with van der Waals surface area (Å²) in [4.78, 5) is 4.16. The summed E-state index contributed by atoms with van der Waals surface area (Å²) in [6, 6.07) is 6.68. The Balaban J connectivity index is 1.68. The third kappa shape index (κ3) is 3.22. The molecule has 1 aromatic heterocycles. The number of ether oxygens (including phenoxy) is 1. The maximum atomic E-state index is 6.08. The van der Waals surface area contributed by atoms with Crippen molar-refractivity contribution in [2.75, 3.05) is 7.11 Å². The van der Waals surface area contributed by atoms with Crippen LogP contribution in [0.5, 0.6) is 5.75 Å². The maximum Gasteiger partial charge on any atom is 0.123 e. The summed E-state index contributed by atoms with van der Waals surface area (Å²) in [5.41, 5.74) is 1.10. The monoisotopic (exact) mass is 305 g/mol. The van der Waals surface area contributed by atoms with Gasteiger partial charge < -0.3 is 14.6 Å². The molecule has 1 saturated carbocycles. The topological polar surface area (TPSA) is 39.1 Å². The van der Waals surface area contributed by atoms with Gasteiger partial charge >= 0.3 is 0 Å². The Kier molecular flexibility index (Phi) is 4.46. The first-order chi connectivity index (χ1) is 10.3. The van der Waals surface area contributed by atoms with Crippen LogP contribution in [0, 0.1) is 0 Å². The van der Waals surface area contributed by atoms with Gasteiger partial charge in [-0.2, -0.15) is 0 Å². The van der Waals surface area contributed by atoms with Gasteiger partial charge in [-0.1, -0.05) is 11.6 Å². The molecule has 2 unspecified atom stereocenters. The van der Waals surface area contributed by atoms with Crippen molar-refractivity contribution in [3.63, 3.8) is 0 Å². The Bertz CT molecular complexity index is 585. The van der Waals surface area contributed by atoms with E-state index < -0.39 is 0 Å². The van der Waals surface area contributed by atoms with E-state index in [0.29, 0.717) is 12.1 Å². The quantitative estimate of drug-likeness (QED) is 0.920. The van der Waals surface area contributed by atoms with Gasteiger partial charge in [-0.15, -0.1) is 0 Å². The van der Waals surface area contributed by atoms with Gasteiger partial charge in [-0.05, 0) is 37.5 Å². The second-order valence-corrected chi connectivity index (χ2v) is 5.89. The molecule has 0 saturated heterocycles. The molecule has 1 heterocycles. The number of benzene rings is 1. The Morgan fingerprint density at radius 3 is 3.10 bits per heavy atom. The number of aromatic nitrogens is 2. The largest absolute Gasteiger partial charge is 0.496 e. The lowest BCUT2D eigenvalue weighted by Crippen LogP contribution is -2.33. The van der Waals surface area contributed by atoms with E-state index in [9.17, 15) is 0 Å². The van der Waals surface area contributed by atoms with Crippen LogP contribution in [0.3, 0.4) is 0 Å². The zero-order chi connectivity index (χ0) is 14.7. The van der Waals surface area contributed by atoms with Crippen molar-refractivity contribution in [3.05, 3.63) is 47.5 Å². The van der Waals surface area contributed by atoms with Crippen LogP contribution >= 0.6 is 11.6 Å². The van der Waals surface area contributed by atoms with Crippen LogP contribution in [0.15, 0.2) is 36.9 Å². The van der Waals surface area contributed by atoms with Crippen LogP contribution in [0.1, 0.15) is 30.9 Å². The third-order valence-corrected chi connectivity index (χ3v) is 4.42. The third-order valence-electron chi connectivity index (χ3n) is 4.18. The summed E-state index contributed by atoms with van der Waals surface area (Å²) < 4.78 is 7.61. The molecule has 1 fully saturated rings. The summed E-state index contributed by atoms with van der Waals surface area (Å²) in [6.07, 6.45) is 9.42. The Morgan fingerprint density at radius 2 is 2.33 bits per heavy atom. The molecule has 0 radical (unpaired) electrons. The normalized spacial score (nSPS) is 21.6. The SMILES string of the molecule is COc1ccc(Cl)cc1CNC1CCCC1n1ccnc1. The molecule has 0 bridgehead atoms. The van der Waals surface area contributed by atoms with E-state index in [-0.39, 0.29) is 0 Å². The number of halogens is 1. The van der Waals surface area contributed by atoms with Crippen molar-refractivity contribution in [1.29, 1.82) is 0 Å². The van der Waals surface area contributed by atoms with Crippen LogP contribution < -0.4 is 10.1 Å². The molecular formula is C16H20ClN3O. The molecule has 2 atom stereocenters. The highest BCUT2D eigenvalue weighted by Crippen LogP contribution is 2.31. The molecule has 0 aliphatic heterocycles. The van der Waals surface area contributed by atoms with Crippen molar-refractivity contribution < 1.29 is 4.74 Å². The first-order valence-electron chi connectivity index (χ1n) is 7.31. The van der Waals surface area contributed by atoms with Gasteiger partial charge in [0.25, 0.3) is 0 Å². The summed E-state index contributed by atoms with van der Waals surface area (Å²) in [7, 11) is 1.69. The molecule has 0 amide bonds. The summed E-state index contributed by atoms with van der Waals surface area (Å²) >= 11 is 6.08. The second kappa shape index (κ2) is 6.50. The molecular weight excluding hydrogens is 286 g/mol. The zero-order valence-electron chi connectivity index (χ0n) is 12.1. The fourth-order valence-electron chi connectivity index (χ4n) is 3.13. The van der Waals surface area contributed by atoms with E-state index in [1.54, 1.807) is 7.11 Å². The van der Waals surface area contributed by atoms with E-state index >= 15 is 0 Å². The molecule has 112 valence electrons. The number of hydrogen-bond donors (Lipinski definition) is 1. The first kappa shape index (κ1) is 14.4. The van der Waals surface area contributed by atoms with Crippen molar-refractivity contribution in [1.82, 2.24) is 14.9 Å². The highest BCUT2D eigenvalue weighted by molar-refractivity contribution is 6.30. The van der Waals surface area contributed by atoms with Gasteiger partial charge in [0.05, 0.1) is 13.4 Å². The van der Waals surface area contributed by atoms with Gasteiger partial charge in [-0.3, -0.25) is 0 Å². The fraction of sp³-hybridized carbons (Fsp3) is 0.438. The minimum absolute atomic E-state index is 0.461. The Hall–Kier alpha value is -1.52. The Labute approximate surface area is 130 Å². The van der Waals surface area contributed by atoms with Crippen molar-refractivity contribution in [2.24, 2.45) is 0 Å². The lowest BCUT2D eigenvalue weighted by Gasteiger charge is -2.22. The molecule has 0 spiro atoms. The number of nitrogens with one attached hydrogen (secondary N) is 1. The summed E-state index contributed by atoms with van der Waals surface area (Å²) in [6.45, 7) is 0.763. The standard InChI is InChI=1S/C16H20ClN3O/c1-21-16-6-5-13(17)9-12(16)10-19-14-3-2-4-15(14)20-8-7-18-11-20/h5-9,11,14-15,19H,2-4,10H2,1H3. The fourth-order valence-corrected chi connectivity index (χ4v) is 3.32. The maximum absolute atomic E-state index is 6.08. The van der Waals surface area contributed by atoms with Gasteiger partial charge in [-0.25, -0.2) is 4.98 Å². The van der Waals surface area contributed by atoms with Crippen LogP contribution in [-0.4, -0.2) is 22.7 Å². The van der Waals surface area contributed by atoms with Crippen LogP contribution in [-0.2, 0) is 6.54 Å². The minimum Gasteiger partial charge on any atom is -0.496 e. The van der Waals surface area contributed by atoms with Crippen LogP contribution in [0.2, 0.25) is 5.02 Å². The first-order valence-corrected chi connectivity index (χ1v) is 7.69.